The number of anilines is 1. The van der Waals surface area contributed by atoms with E-state index in [1.807, 2.05) is 29.2 Å². The smallest absolute Gasteiger partial charge is 0.324 e. The van der Waals surface area contributed by atoms with E-state index in [-0.39, 0.29) is 11.8 Å². The molecular formula is C24H28N4O3. The molecule has 0 atom stereocenters. The standard InChI is InChI=1S/C24H28N4O3/c1-3-17-4-6-18(7-5-17)16-25-23(29)20-12-14-28(15-13-20)24-26-22(27-31-24)19-8-10-21(30-2)11-9-19/h4-11,20H,3,12-16H2,1-2H3,(H,25,29). The molecule has 7 nitrogen and oxygen atoms in total. The lowest BCUT2D eigenvalue weighted by molar-refractivity contribution is -0.125. The zero-order valence-corrected chi connectivity index (χ0v) is 18.0. The Kier molecular flexibility index (Phi) is 6.50. The van der Waals surface area contributed by atoms with Crippen molar-refractivity contribution in [2.75, 3.05) is 25.1 Å². The Morgan fingerprint density at radius 3 is 2.42 bits per heavy atom. The maximum absolute atomic E-state index is 12.6. The molecule has 0 bridgehead atoms. The number of aryl methyl sites for hydroxylation is 1. The van der Waals surface area contributed by atoms with Gasteiger partial charge >= 0.3 is 6.01 Å². The highest BCUT2D eigenvalue weighted by Gasteiger charge is 2.27. The van der Waals surface area contributed by atoms with Crippen molar-refractivity contribution in [1.82, 2.24) is 15.5 Å². The van der Waals surface area contributed by atoms with Crippen molar-refractivity contribution < 1.29 is 14.1 Å². The molecule has 2 heterocycles. The summed E-state index contributed by atoms with van der Waals surface area (Å²) in [4.78, 5) is 19.2. The van der Waals surface area contributed by atoms with Crippen LogP contribution in [-0.2, 0) is 17.8 Å². The lowest BCUT2D eigenvalue weighted by Gasteiger charge is -2.29. The topological polar surface area (TPSA) is 80.5 Å². The normalized spacial score (nSPS) is 14.5. The third-order valence-electron chi connectivity index (χ3n) is 5.80. The number of amides is 1. The minimum atomic E-state index is 0.00939. The molecule has 3 aromatic rings. The van der Waals surface area contributed by atoms with Crippen molar-refractivity contribution >= 4 is 11.9 Å². The van der Waals surface area contributed by atoms with Crippen LogP contribution in [0.4, 0.5) is 6.01 Å². The number of rotatable bonds is 7. The molecule has 1 aliphatic heterocycles. The van der Waals surface area contributed by atoms with Gasteiger partial charge in [0.15, 0.2) is 0 Å². The van der Waals surface area contributed by atoms with Crippen molar-refractivity contribution in [1.29, 1.82) is 0 Å². The summed E-state index contributed by atoms with van der Waals surface area (Å²) in [5.41, 5.74) is 3.30. The van der Waals surface area contributed by atoms with Crippen LogP contribution in [0.15, 0.2) is 53.1 Å². The first kappa shape index (κ1) is 20.9. The van der Waals surface area contributed by atoms with Crippen molar-refractivity contribution in [3.8, 4) is 17.1 Å². The number of hydrogen-bond donors (Lipinski definition) is 1. The monoisotopic (exact) mass is 420 g/mol. The molecule has 31 heavy (non-hydrogen) atoms. The molecule has 0 saturated carbocycles. The molecule has 2 aromatic carbocycles. The lowest BCUT2D eigenvalue weighted by Crippen LogP contribution is -2.40. The number of aromatic nitrogens is 2. The molecule has 7 heteroatoms. The number of ether oxygens (including phenoxy) is 1. The Bertz CT molecular complexity index is 990. The largest absolute Gasteiger partial charge is 0.497 e. The number of carbonyl (C=O) groups is 1. The first-order chi connectivity index (χ1) is 15.2. The van der Waals surface area contributed by atoms with Crippen molar-refractivity contribution in [3.63, 3.8) is 0 Å². The highest BCUT2D eigenvalue weighted by atomic mass is 16.5. The van der Waals surface area contributed by atoms with Gasteiger partial charge in [0.2, 0.25) is 11.7 Å². The first-order valence-electron chi connectivity index (χ1n) is 10.7. The number of benzene rings is 2. The molecule has 1 fully saturated rings. The summed E-state index contributed by atoms with van der Waals surface area (Å²) in [5, 5.41) is 7.18. The number of piperidine rings is 1. The first-order valence-corrected chi connectivity index (χ1v) is 10.7. The fourth-order valence-corrected chi connectivity index (χ4v) is 3.76. The summed E-state index contributed by atoms with van der Waals surface area (Å²) in [7, 11) is 1.63. The molecule has 162 valence electrons. The van der Waals surface area contributed by atoms with Crippen molar-refractivity contribution in [2.24, 2.45) is 5.92 Å². The highest BCUT2D eigenvalue weighted by molar-refractivity contribution is 5.79. The van der Waals surface area contributed by atoms with Crippen LogP contribution >= 0.6 is 0 Å². The van der Waals surface area contributed by atoms with Gasteiger partial charge in [0.05, 0.1) is 7.11 Å². The van der Waals surface area contributed by atoms with E-state index in [1.165, 1.54) is 5.56 Å². The highest BCUT2D eigenvalue weighted by Crippen LogP contribution is 2.26. The molecule has 0 aliphatic carbocycles. The molecule has 0 unspecified atom stereocenters. The van der Waals surface area contributed by atoms with E-state index in [0.717, 1.165) is 36.1 Å². The van der Waals surface area contributed by atoms with Gasteiger partial charge in [0.25, 0.3) is 0 Å². The second-order valence-electron chi connectivity index (χ2n) is 7.78. The van der Waals surface area contributed by atoms with Crippen LogP contribution in [0.3, 0.4) is 0 Å². The van der Waals surface area contributed by atoms with E-state index in [4.69, 9.17) is 9.26 Å². The second kappa shape index (κ2) is 9.64. The van der Waals surface area contributed by atoms with Gasteiger partial charge in [-0.2, -0.15) is 4.98 Å². The predicted octanol–water partition coefficient (Wildman–Crippen LogP) is 3.84. The van der Waals surface area contributed by atoms with Crippen molar-refractivity contribution in [3.05, 3.63) is 59.7 Å². The van der Waals surface area contributed by atoms with Gasteiger partial charge in [-0.05, 0) is 54.7 Å². The molecule has 0 spiro atoms. The number of methoxy groups -OCH3 is 1. The molecule has 0 radical (unpaired) electrons. The van der Waals surface area contributed by atoms with Crippen molar-refractivity contribution in [2.45, 2.75) is 32.7 Å². The Labute approximate surface area is 182 Å². The average Bonchev–Trinajstić information content (AvgIpc) is 3.33. The Morgan fingerprint density at radius 2 is 1.77 bits per heavy atom. The van der Waals surface area contributed by atoms with Gasteiger partial charge in [-0.3, -0.25) is 4.79 Å². The number of hydrogen-bond acceptors (Lipinski definition) is 6. The molecular weight excluding hydrogens is 392 g/mol. The van der Waals surface area contributed by atoms with Gasteiger partial charge < -0.3 is 19.5 Å². The minimum absolute atomic E-state index is 0.00939. The van der Waals surface area contributed by atoms with Gasteiger partial charge in [-0.15, -0.1) is 0 Å². The number of nitrogens with zero attached hydrogens (tertiary/aromatic N) is 3. The van der Waals surface area contributed by atoms with Crippen LogP contribution in [0.1, 0.15) is 30.9 Å². The fourth-order valence-electron chi connectivity index (χ4n) is 3.76. The summed E-state index contributed by atoms with van der Waals surface area (Å²) in [6.45, 7) is 4.14. The van der Waals surface area contributed by atoms with E-state index in [0.29, 0.717) is 31.5 Å². The van der Waals surface area contributed by atoms with Gasteiger partial charge in [0, 0.05) is 31.1 Å². The van der Waals surface area contributed by atoms with E-state index in [2.05, 4.69) is 46.6 Å². The summed E-state index contributed by atoms with van der Waals surface area (Å²) in [6.07, 6.45) is 2.55. The number of nitrogens with one attached hydrogen (secondary N) is 1. The summed E-state index contributed by atoms with van der Waals surface area (Å²) >= 11 is 0. The van der Waals surface area contributed by atoms with E-state index >= 15 is 0 Å². The van der Waals surface area contributed by atoms with Gasteiger partial charge in [0.1, 0.15) is 5.75 Å². The summed E-state index contributed by atoms with van der Waals surface area (Å²) < 4.78 is 10.6. The zero-order chi connectivity index (χ0) is 21.6. The number of carbonyl (C=O) groups excluding carboxylic acids is 1. The Morgan fingerprint density at radius 1 is 1.10 bits per heavy atom. The third-order valence-corrected chi connectivity index (χ3v) is 5.80. The summed E-state index contributed by atoms with van der Waals surface area (Å²) in [6, 6.07) is 16.4. The van der Waals surface area contributed by atoms with Crippen LogP contribution in [-0.4, -0.2) is 36.2 Å². The maximum Gasteiger partial charge on any atom is 0.324 e. The SMILES string of the molecule is CCc1ccc(CNC(=O)C2CCN(c3nc(-c4ccc(OC)cc4)no3)CC2)cc1. The van der Waals surface area contributed by atoms with Crippen LogP contribution in [0.25, 0.3) is 11.4 Å². The molecule has 1 aromatic heterocycles. The van der Waals surface area contributed by atoms with Crippen LogP contribution in [0, 0.1) is 5.92 Å². The maximum atomic E-state index is 12.6. The Balaban J connectivity index is 1.28. The quantitative estimate of drug-likeness (QED) is 0.626. The molecule has 1 aliphatic rings. The van der Waals surface area contributed by atoms with E-state index in [9.17, 15) is 4.79 Å². The molecule has 4 rings (SSSR count). The second-order valence-corrected chi connectivity index (χ2v) is 7.78. The van der Waals surface area contributed by atoms with Crippen LogP contribution < -0.4 is 15.0 Å². The molecule has 1 amide bonds. The predicted molar refractivity (Wildman–Crippen MR) is 119 cm³/mol. The van der Waals surface area contributed by atoms with E-state index < -0.39 is 0 Å². The Hall–Kier alpha value is -3.35. The fraction of sp³-hybridized carbons (Fsp3) is 0.375. The van der Waals surface area contributed by atoms with Crippen LogP contribution in [0.2, 0.25) is 0 Å². The van der Waals surface area contributed by atoms with Gasteiger partial charge in [-0.25, -0.2) is 0 Å². The third kappa shape index (κ3) is 5.05. The average molecular weight is 421 g/mol. The molecule has 1 N–H and O–H groups in total. The lowest BCUT2D eigenvalue weighted by atomic mass is 9.96. The summed E-state index contributed by atoms with van der Waals surface area (Å²) in [5.74, 6) is 1.45. The van der Waals surface area contributed by atoms with E-state index in [1.54, 1.807) is 7.11 Å². The zero-order valence-electron chi connectivity index (χ0n) is 18.0. The minimum Gasteiger partial charge on any atom is -0.497 e. The van der Waals surface area contributed by atoms with Gasteiger partial charge in [-0.1, -0.05) is 36.3 Å². The molecule has 1 saturated heterocycles. The van der Waals surface area contributed by atoms with Crippen LogP contribution in [0.5, 0.6) is 5.75 Å².